The van der Waals surface area contributed by atoms with Gasteiger partial charge in [0.2, 0.25) is 12.1 Å². The molecule has 8 heteroatoms. The van der Waals surface area contributed by atoms with Crippen LogP contribution in [0.1, 0.15) is 23.1 Å². The molecule has 0 bridgehead atoms. The van der Waals surface area contributed by atoms with Gasteiger partial charge in [-0.25, -0.2) is 4.99 Å². The average molecular weight is 467 g/mol. The van der Waals surface area contributed by atoms with Gasteiger partial charge in [-0.3, -0.25) is 14.6 Å². The molecular weight excluding hydrogens is 447 g/mol. The summed E-state index contributed by atoms with van der Waals surface area (Å²) in [5.41, 5.74) is 3.62. The lowest BCUT2D eigenvalue weighted by Crippen LogP contribution is -2.46. The lowest BCUT2D eigenvalue weighted by Gasteiger charge is -2.20. The maximum Gasteiger partial charge on any atom is 0.272 e. The molecule has 0 aliphatic carbocycles. The van der Waals surface area contributed by atoms with Gasteiger partial charge in [0, 0.05) is 30.8 Å². The molecule has 162 valence electrons. The molecule has 0 saturated heterocycles. The monoisotopic (exact) mass is 466 g/mol. The predicted octanol–water partition coefficient (Wildman–Crippen LogP) is 4.28. The molecule has 1 atom stereocenters. The molecule has 32 heavy (non-hydrogen) atoms. The fourth-order valence-corrected chi connectivity index (χ4v) is 3.96. The Labute approximate surface area is 195 Å². The zero-order chi connectivity index (χ0) is 22.7. The number of anilines is 1. The van der Waals surface area contributed by atoms with Gasteiger partial charge in [0.25, 0.3) is 5.91 Å². The number of hydrogen-bond acceptors (Lipinski definition) is 4. The fraction of sp³-hybridized carbons (Fsp3) is 0.167. The van der Waals surface area contributed by atoms with Crippen LogP contribution < -0.4 is 10.2 Å². The Morgan fingerprint density at radius 2 is 1.88 bits per heavy atom. The topological polar surface area (TPSA) is 74.7 Å². The molecule has 0 fully saturated rings. The zero-order valence-electron chi connectivity index (χ0n) is 17.3. The van der Waals surface area contributed by atoms with E-state index in [-0.39, 0.29) is 18.2 Å². The Balaban J connectivity index is 1.61. The number of benzene rings is 2. The number of carbonyl (C=O) groups is 2. The third-order valence-corrected chi connectivity index (χ3v) is 6.10. The Kier molecular flexibility index (Phi) is 6.53. The van der Waals surface area contributed by atoms with Gasteiger partial charge in [0.1, 0.15) is 0 Å². The van der Waals surface area contributed by atoms with E-state index in [0.29, 0.717) is 27.9 Å². The van der Waals surface area contributed by atoms with E-state index in [9.17, 15) is 9.59 Å². The van der Waals surface area contributed by atoms with Crippen LogP contribution in [0.4, 0.5) is 5.69 Å². The summed E-state index contributed by atoms with van der Waals surface area (Å²) in [7, 11) is 1.65. The van der Waals surface area contributed by atoms with Crippen molar-refractivity contribution in [1.29, 1.82) is 0 Å². The number of aromatic nitrogens is 1. The molecule has 1 aliphatic heterocycles. The molecule has 6 nitrogen and oxygen atoms in total. The van der Waals surface area contributed by atoms with Crippen molar-refractivity contribution >= 4 is 46.4 Å². The first-order chi connectivity index (χ1) is 15.5. The highest BCUT2D eigenvalue weighted by atomic mass is 35.5. The van der Waals surface area contributed by atoms with Gasteiger partial charge in [-0.2, -0.15) is 0 Å². The number of carbonyl (C=O) groups excluding carboxylic acids is 2. The number of amides is 2. The third kappa shape index (κ3) is 4.52. The normalized spacial score (nSPS) is 15.6. The first-order valence-corrected chi connectivity index (χ1v) is 10.8. The number of fused-ring (bicyclic) bond motifs is 1. The summed E-state index contributed by atoms with van der Waals surface area (Å²) in [5, 5.41) is 3.63. The highest BCUT2D eigenvalue weighted by molar-refractivity contribution is 6.42. The summed E-state index contributed by atoms with van der Waals surface area (Å²) < 4.78 is 0. The van der Waals surface area contributed by atoms with Crippen LogP contribution in [0.15, 0.2) is 72.0 Å². The summed E-state index contributed by atoms with van der Waals surface area (Å²) in [5.74, 6) is -0.660. The van der Waals surface area contributed by atoms with E-state index in [2.05, 4.69) is 15.3 Å². The van der Waals surface area contributed by atoms with Gasteiger partial charge < -0.3 is 10.2 Å². The molecule has 1 aliphatic rings. The van der Waals surface area contributed by atoms with E-state index in [0.717, 1.165) is 16.7 Å². The first kappa shape index (κ1) is 22.0. The second-order valence-electron chi connectivity index (χ2n) is 7.32. The lowest BCUT2D eigenvalue weighted by atomic mass is 10.0. The third-order valence-electron chi connectivity index (χ3n) is 5.24. The van der Waals surface area contributed by atoms with Crippen molar-refractivity contribution < 1.29 is 9.59 Å². The average Bonchev–Trinajstić information content (AvgIpc) is 2.91. The quantitative estimate of drug-likeness (QED) is 0.609. The Hall–Kier alpha value is -3.22. The van der Waals surface area contributed by atoms with Crippen molar-refractivity contribution in [2.24, 2.45) is 4.99 Å². The number of likely N-dealkylation sites (N-methyl/N-ethyl adjacent to an activating group) is 1. The minimum Gasteiger partial charge on any atom is -0.327 e. The summed E-state index contributed by atoms with van der Waals surface area (Å²) in [6, 6.07) is 16.7. The van der Waals surface area contributed by atoms with Crippen molar-refractivity contribution in [3.05, 3.63) is 93.7 Å². The molecule has 4 rings (SSSR count). The molecular formula is C24H20Cl2N4O2. The van der Waals surface area contributed by atoms with Crippen molar-refractivity contribution in [2.75, 3.05) is 11.9 Å². The first-order valence-electron chi connectivity index (χ1n) is 10.0. The van der Waals surface area contributed by atoms with Crippen LogP contribution in [0.25, 0.3) is 0 Å². The number of halogens is 2. The Morgan fingerprint density at radius 1 is 1.09 bits per heavy atom. The number of aliphatic imine (C=N–C) groups is 1. The van der Waals surface area contributed by atoms with Crippen molar-refractivity contribution in [3.8, 4) is 0 Å². The predicted molar refractivity (Wildman–Crippen MR) is 126 cm³/mol. The second-order valence-corrected chi connectivity index (χ2v) is 8.10. The fourth-order valence-electron chi connectivity index (χ4n) is 3.54. The van der Waals surface area contributed by atoms with Crippen LogP contribution in [0, 0.1) is 0 Å². The van der Waals surface area contributed by atoms with Crippen LogP contribution in [-0.2, 0) is 16.0 Å². The number of nitrogens with one attached hydrogen (secondary N) is 1. The van der Waals surface area contributed by atoms with E-state index in [1.807, 2.05) is 42.5 Å². The van der Waals surface area contributed by atoms with Crippen LogP contribution in [0.3, 0.4) is 0 Å². The van der Waals surface area contributed by atoms with E-state index >= 15 is 0 Å². The maximum absolute atomic E-state index is 13.1. The van der Waals surface area contributed by atoms with Gasteiger partial charge >= 0.3 is 0 Å². The van der Waals surface area contributed by atoms with Crippen molar-refractivity contribution in [3.63, 3.8) is 0 Å². The molecule has 1 N–H and O–H groups in total. The van der Waals surface area contributed by atoms with E-state index in [4.69, 9.17) is 23.2 Å². The molecule has 0 saturated carbocycles. The summed E-state index contributed by atoms with van der Waals surface area (Å²) in [6.45, 7) is 0. The molecule has 1 unspecified atom stereocenters. The molecule has 2 aromatic carbocycles. The van der Waals surface area contributed by atoms with Crippen LogP contribution in [0.5, 0.6) is 0 Å². The molecule has 0 radical (unpaired) electrons. The minimum atomic E-state index is -1.06. The van der Waals surface area contributed by atoms with Crippen molar-refractivity contribution in [2.45, 2.75) is 19.0 Å². The van der Waals surface area contributed by atoms with E-state index in [1.165, 1.54) is 4.90 Å². The van der Waals surface area contributed by atoms with Gasteiger partial charge in [-0.15, -0.1) is 0 Å². The van der Waals surface area contributed by atoms with Gasteiger partial charge in [-0.05, 0) is 24.1 Å². The second kappa shape index (κ2) is 9.51. The molecule has 2 heterocycles. The number of rotatable bonds is 5. The molecule has 0 spiro atoms. The zero-order valence-corrected chi connectivity index (χ0v) is 18.8. The standard InChI is InChI=1S/C24H20Cl2N4O2/c1-30-19-14-27-13-12-17(19)22(16-6-3-2-4-7-16)29-23(24(30)32)28-20(31)11-10-15-8-5-9-18(25)21(15)26/h2-9,12-14,23H,10-11H2,1H3,(H,28,31). The summed E-state index contributed by atoms with van der Waals surface area (Å²) >= 11 is 12.3. The van der Waals surface area contributed by atoms with Crippen molar-refractivity contribution in [1.82, 2.24) is 10.3 Å². The molecule has 2 amide bonds. The van der Waals surface area contributed by atoms with E-state index < -0.39 is 6.17 Å². The maximum atomic E-state index is 13.1. The summed E-state index contributed by atoms with van der Waals surface area (Å²) in [4.78, 5) is 36.1. The van der Waals surface area contributed by atoms with Crippen LogP contribution in [0.2, 0.25) is 10.0 Å². The molecule has 1 aromatic heterocycles. The van der Waals surface area contributed by atoms with Gasteiger partial charge in [-0.1, -0.05) is 65.7 Å². The number of pyridine rings is 1. The highest BCUT2D eigenvalue weighted by Gasteiger charge is 2.31. The molecule has 3 aromatic rings. The Morgan fingerprint density at radius 3 is 2.66 bits per heavy atom. The van der Waals surface area contributed by atoms with E-state index in [1.54, 1.807) is 31.6 Å². The lowest BCUT2D eigenvalue weighted by molar-refractivity contribution is -0.127. The SMILES string of the molecule is CN1C(=O)C(NC(=O)CCc2cccc(Cl)c2Cl)N=C(c2ccccc2)c2ccncc21. The minimum absolute atomic E-state index is 0.137. The van der Waals surface area contributed by atoms with Gasteiger partial charge in [0.15, 0.2) is 0 Å². The van der Waals surface area contributed by atoms with Crippen LogP contribution >= 0.6 is 23.2 Å². The number of hydrogen-bond donors (Lipinski definition) is 1. The number of nitrogens with zero attached hydrogens (tertiary/aromatic N) is 3. The van der Waals surface area contributed by atoms with Gasteiger partial charge in [0.05, 0.1) is 27.6 Å². The number of aryl methyl sites for hydroxylation is 1. The van der Waals surface area contributed by atoms with Crippen LogP contribution in [-0.4, -0.2) is 35.7 Å². The smallest absolute Gasteiger partial charge is 0.272 e. The highest BCUT2D eigenvalue weighted by Crippen LogP contribution is 2.27. The largest absolute Gasteiger partial charge is 0.327 e. The Bertz CT molecular complexity index is 1200. The summed E-state index contributed by atoms with van der Waals surface area (Å²) in [6.07, 6.45) is 2.74.